The number of fused-ring (bicyclic) bond motifs is 3. The molecule has 5 aliphatic rings. The van der Waals surface area contributed by atoms with Gasteiger partial charge in [-0.25, -0.2) is 0 Å². The lowest BCUT2D eigenvalue weighted by atomic mass is 9.69. The highest BCUT2D eigenvalue weighted by Crippen LogP contribution is 2.61. The van der Waals surface area contributed by atoms with Gasteiger partial charge in [-0.2, -0.15) is 0 Å². The summed E-state index contributed by atoms with van der Waals surface area (Å²) in [5.74, 6) is -0.674. The van der Waals surface area contributed by atoms with Crippen molar-refractivity contribution in [1.82, 2.24) is 0 Å². The van der Waals surface area contributed by atoms with Crippen LogP contribution in [0.25, 0.3) is 5.76 Å². The Labute approximate surface area is 216 Å². The third-order valence-electron chi connectivity index (χ3n) is 8.06. The summed E-state index contributed by atoms with van der Waals surface area (Å²) in [4.78, 5) is 14.2. The molecule has 7 heteroatoms. The normalized spacial score (nSPS) is 27.9. The second kappa shape index (κ2) is 7.46. The second-order valence-corrected chi connectivity index (χ2v) is 11.9. The molecule has 0 amide bonds. The van der Waals surface area contributed by atoms with E-state index >= 15 is 0 Å². The van der Waals surface area contributed by atoms with E-state index in [1.165, 1.54) is 6.07 Å². The van der Waals surface area contributed by atoms with Gasteiger partial charge in [-0.15, -0.1) is 0 Å². The molecule has 0 bridgehead atoms. The maximum absolute atomic E-state index is 14.2. The first-order chi connectivity index (χ1) is 17.3. The number of carbonyl (C=O) groups excluding carboxylic acids is 1. The molecule has 0 saturated heterocycles. The number of rotatable bonds is 2. The van der Waals surface area contributed by atoms with Gasteiger partial charge in [-0.3, -0.25) is 4.79 Å². The molecule has 7 nitrogen and oxygen atoms in total. The Morgan fingerprint density at radius 3 is 2.51 bits per heavy atom. The molecule has 3 atom stereocenters. The van der Waals surface area contributed by atoms with Crippen molar-refractivity contribution in [3.05, 3.63) is 69.2 Å². The van der Waals surface area contributed by atoms with E-state index in [1.54, 1.807) is 0 Å². The predicted molar refractivity (Wildman–Crippen MR) is 137 cm³/mol. The number of aliphatic hydroxyl groups is 1. The van der Waals surface area contributed by atoms with Crippen molar-refractivity contribution >= 4 is 11.5 Å². The maximum atomic E-state index is 14.2. The van der Waals surface area contributed by atoms with E-state index in [-0.39, 0.29) is 34.7 Å². The molecule has 3 aliphatic heterocycles. The minimum atomic E-state index is -0.918. The van der Waals surface area contributed by atoms with Crippen LogP contribution in [0, 0.1) is 5.92 Å². The zero-order chi connectivity index (χ0) is 26.6. The van der Waals surface area contributed by atoms with Crippen molar-refractivity contribution in [2.45, 2.75) is 77.6 Å². The van der Waals surface area contributed by atoms with E-state index in [9.17, 15) is 20.1 Å². The van der Waals surface area contributed by atoms with Gasteiger partial charge in [0.25, 0.3) is 0 Å². The molecule has 6 rings (SSSR count). The van der Waals surface area contributed by atoms with E-state index in [2.05, 4.69) is 6.08 Å². The van der Waals surface area contributed by atoms with E-state index < -0.39 is 23.2 Å². The lowest BCUT2D eigenvalue weighted by molar-refractivity contribution is -0.123. The molecule has 0 aromatic heterocycles. The van der Waals surface area contributed by atoms with Crippen LogP contribution in [0.3, 0.4) is 0 Å². The summed E-state index contributed by atoms with van der Waals surface area (Å²) in [5, 5.41) is 32.9. The van der Waals surface area contributed by atoms with Crippen LogP contribution in [0.5, 0.6) is 17.2 Å². The highest BCUT2D eigenvalue weighted by Gasteiger charge is 2.55. The molecule has 3 heterocycles. The molecule has 0 spiro atoms. The monoisotopic (exact) mass is 504 g/mol. The van der Waals surface area contributed by atoms with Crippen molar-refractivity contribution in [2.75, 3.05) is 0 Å². The summed E-state index contributed by atoms with van der Waals surface area (Å²) >= 11 is 0. The summed E-state index contributed by atoms with van der Waals surface area (Å²) in [6.07, 6.45) is 5.74. The molecule has 3 unspecified atom stereocenters. The fraction of sp³-hybridized carbons (Fsp3) is 0.433. The molecule has 37 heavy (non-hydrogen) atoms. The minimum absolute atomic E-state index is 0.0624. The molecule has 1 aromatic carbocycles. The third kappa shape index (κ3) is 3.29. The maximum Gasteiger partial charge on any atom is 0.177 e. The van der Waals surface area contributed by atoms with Crippen LogP contribution in [0.4, 0.5) is 0 Å². The number of carbonyl (C=O) groups is 1. The predicted octanol–water partition coefficient (Wildman–Crippen LogP) is 5.85. The van der Waals surface area contributed by atoms with Gasteiger partial charge in [0.2, 0.25) is 0 Å². The summed E-state index contributed by atoms with van der Waals surface area (Å²) < 4.78 is 19.1. The Morgan fingerprint density at radius 1 is 1.08 bits per heavy atom. The standard InChI is InChI=1S/C30H32O7/c1-13(2)7-8-15-25-14(9-10-29(3,4)36-25)23(33)22-24(34)16-11-17-20-21(27(16)35-26(15)22)18(31)12-19(32)28(20)37-30(17,5)6/h7,9-10,12,17,22,26,31-33H,8,11H2,1-6H3. The first-order valence-electron chi connectivity index (χ1n) is 12.7. The summed E-state index contributed by atoms with van der Waals surface area (Å²) in [6.45, 7) is 11.7. The van der Waals surface area contributed by atoms with E-state index in [4.69, 9.17) is 14.2 Å². The fourth-order valence-corrected chi connectivity index (χ4v) is 6.19. The molecule has 3 N–H and O–H groups in total. The number of phenolic OH excluding ortho intramolecular Hbond substituents is 2. The Hall–Kier alpha value is -3.61. The molecular formula is C30H32O7. The first kappa shape index (κ1) is 23.8. The summed E-state index contributed by atoms with van der Waals surface area (Å²) in [5.41, 5.74) is 2.52. The Morgan fingerprint density at radius 2 is 1.81 bits per heavy atom. The number of hydrogen-bond donors (Lipinski definition) is 3. The largest absolute Gasteiger partial charge is 0.511 e. The van der Waals surface area contributed by atoms with Crippen molar-refractivity contribution < 1.29 is 34.3 Å². The van der Waals surface area contributed by atoms with Crippen molar-refractivity contribution in [1.29, 1.82) is 0 Å². The number of Topliss-reactive ketones (excluding diaryl/α,β-unsaturated/α-hetero) is 1. The number of phenols is 2. The highest BCUT2D eigenvalue weighted by molar-refractivity contribution is 6.08. The average molecular weight is 505 g/mol. The molecular weight excluding hydrogens is 472 g/mol. The van der Waals surface area contributed by atoms with Gasteiger partial charge in [-0.05, 0) is 66.5 Å². The van der Waals surface area contributed by atoms with Gasteiger partial charge in [0.15, 0.2) is 17.3 Å². The Balaban J connectivity index is 1.57. The van der Waals surface area contributed by atoms with Crippen LogP contribution < -0.4 is 4.74 Å². The number of aromatic hydroxyl groups is 2. The van der Waals surface area contributed by atoms with Gasteiger partial charge in [0, 0.05) is 28.7 Å². The molecule has 2 aliphatic carbocycles. The quantitative estimate of drug-likeness (QED) is 0.434. The molecule has 0 saturated carbocycles. The van der Waals surface area contributed by atoms with E-state index in [0.29, 0.717) is 46.6 Å². The van der Waals surface area contributed by atoms with Gasteiger partial charge < -0.3 is 29.5 Å². The zero-order valence-corrected chi connectivity index (χ0v) is 21.9. The highest BCUT2D eigenvalue weighted by atomic mass is 16.5. The molecule has 1 aromatic rings. The fourth-order valence-electron chi connectivity index (χ4n) is 6.19. The topological polar surface area (TPSA) is 105 Å². The number of allylic oxidation sites excluding steroid dienone is 4. The first-order valence-corrected chi connectivity index (χ1v) is 12.7. The van der Waals surface area contributed by atoms with Crippen LogP contribution in [0.2, 0.25) is 0 Å². The van der Waals surface area contributed by atoms with Crippen molar-refractivity contribution in [3.63, 3.8) is 0 Å². The molecule has 0 radical (unpaired) electrons. The van der Waals surface area contributed by atoms with Crippen molar-refractivity contribution in [2.24, 2.45) is 5.92 Å². The number of hydrogen-bond acceptors (Lipinski definition) is 7. The SMILES string of the molecule is CC(C)=CCC1=C2OC(C)(C)C=CC2=C(O)C2C(=O)C3=C(OC12)c1c(O)cc(O)c2c1C(C3)C(C)(C)O2. The zero-order valence-electron chi connectivity index (χ0n) is 21.9. The van der Waals surface area contributed by atoms with Gasteiger partial charge in [-0.1, -0.05) is 11.6 Å². The van der Waals surface area contributed by atoms with Gasteiger partial charge in [0.05, 0.1) is 11.1 Å². The Kier molecular flexibility index (Phi) is 4.79. The lowest BCUT2D eigenvalue weighted by Gasteiger charge is -2.43. The number of ether oxygens (including phenoxy) is 3. The average Bonchev–Trinajstić information content (AvgIpc) is 3.07. The van der Waals surface area contributed by atoms with Crippen LogP contribution >= 0.6 is 0 Å². The van der Waals surface area contributed by atoms with Gasteiger partial charge >= 0.3 is 0 Å². The number of aliphatic hydroxyl groups excluding tert-OH is 1. The molecule has 0 fully saturated rings. The van der Waals surface area contributed by atoms with Crippen molar-refractivity contribution in [3.8, 4) is 17.2 Å². The van der Waals surface area contributed by atoms with E-state index in [0.717, 1.165) is 11.1 Å². The summed E-state index contributed by atoms with van der Waals surface area (Å²) in [7, 11) is 0. The van der Waals surface area contributed by atoms with E-state index in [1.807, 2.05) is 53.7 Å². The lowest BCUT2D eigenvalue weighted by Crippen LogP contribution is -2.45. The Bertz CT molecular complexity index is 1430. The van der Waals surface area contributed by atoms with Crippen LogP contribution in [-0.2, 0) is 14.3 Å². The smallest absolute Gasteiger partial charge is 0.177 e. The number of ketones is 1. The minimum Gasteiger partial charge on any atom is -0.511 e. The van der Waals surface area contributed by atoms with Gasteiger partial charge in [0.1, 0.15) is 46.3 Å². The summed E-state index contributed by atoms with van der Waals surface area (Å²) in [6, 6.07) is 1.24. The third-order valence-corrected chi connectivity index (χ3v) is 8.06. The number of benzene rings is 1. The van der Waals surface area contributed by atoms with Crippen LogP contribution in [0.1, 0.15) is 71.4 Å². The molecule has 194 valence electrons. The van der Waals surface area contributed by atoms with Crippen LogP contribution in [0.15, 0.2) is 58.1 Å². The van der Waals surface area contributed by atoms with Crippen LogP contribution in [-0.4, -0.2) is 38.4 Å². The second-order valence-electron chi connectivity index (χ2n) is 11.9.